The van der Waals surface area contributed by atoms with Gasteiger partial charge in [0.2, 0.25) is 21.8 Å². The quantitative estimate of drug-likeness (QED) is 0.302. The third kappa shape index (κ3) is 8.89. The van der Waals surface area contributed by atoms with Gasteiger partial charge in [-0.05, 0) is 59.9 Å². The van der Waals surface area contributed by atoms with E-state index in [1.165, 1.54) is 17.0 Å². The molecule has 0 aliphatic heterocycles. The van der Waals surface area contributed by atoms with E-state index in [-0.39, 0.29) is 24.8 Å². The number of carbonyl (C=O) groups is 2. The van der Waals surface area contributed by atoms with Crippen molar-refractivity contribution >= 4 is 43.5 Å². The molecule has 1 N–H and O–H groups in total. The second-order valence-corrected chi connectivity index (χ2v) is 13.0. The van der Waals surface area contributed by atoms with E-state index in [1.54, 1.807) is 30.3 Å². The average Bonchev–Trinajstić information content (AvgIpc) is 2.90. The Labute approximate surface area is 244 Å². The Morgan fingerprint density at radius 2 is 1.62 bits per heavy atom. The Hall–Kier alpha value is -3.24. The first-order valence-electron chi connectivity index (χ1n) is 12.9. The molecule has 214 valence electrons. The normalized spacial score (nSPS) is 12.2. The van der Waals surface area contributed by atoms with Gasteiger partial charge >= 0.3 is 0 Å². The Bertz CT molecular complexity index is 1420. The average molecular weight is 633 g/mol. The molecule has 3 rings (SSSR count). The van der Waals surface area contributed by atoms with Gasteiger partial charge in [-0.25, -0.2) is 12.8 Å². The first-order chi connectivity index (χ1) is 18.8. The van der Waals surface area contributed by atoms with Crippen LogP contribution in [-0.2, 0) is 32.6 Å². The van der Waals surface area contributed by atoms with Crippen molar-refractivity contribution < 1.29 is 22.4 Å². The number of hydrogen-bond acceptors (Lipinski definition) is 4. The summed E-state index contributed by atoms with van der Waals surface area (Å²) in [5.41, 5.74) is 2.58. The summed E-state index contributed by atoms with van der Waals surface area (Å²) < 4.78 is 41.3. The molecule has 0 aliphatic carbocycles. The van der Waals surface area contributed by atoms with E-state index in [1.807, 2.05) is 51.1 Å². The monoisotopic (exact) mass is 631 g/mol. The van der Waals surface area contributed by atoms with Gasteiger partial charge in [-0.1, -0.05) is 72.2 Å². The summed E-state index contributed by atoms with van der Waals surface area (Å²) in [6.45, 7) is 5.66. The van der Waals surface area contributed by atoms with E-state index in [0.717, 1.165) is 26.2 Å². The minimum absolute atomic E-state index is 0.0112. The predicted octanol–water partition coefficient (Wildman–Crippen LogP) is 5.07. The van der Waals surface area contributed by atoms with Crippen molar-refractivity contribution in [1.82, 2.24) is 10.2 Å². The van der Waals surface area contributed by atoms with Gasteiger partial charge in [0.1, 0.15) is 18.4 Å². The number of amides is 2. The molecule has 0 saturated heterocycles. The Morgan fingerprint density at radius 3 is 2.20 bits per heavy atom. The molecule has 0 saturated carbocycles. The first kappa shape index (κ1) is 31.3. The zero-order chi connectivity index (χ0) is 29.4. The Kier molecular flexibility index (Phi) is 10.9. The van der Waals surface area contributed by atoms with E-state index >= 15 is 0 Å². The van der Waals surface area contributed by atoms with Crippen molar-refractivity contribution in [3.63, 3.8) is 0 Å². The summed E-state index contributed by atoms with van der Waals surface area (Å²) in [6.07, 6.45) is 1.26. The highest BCUT2D eigenvalue weighted by atomic mass is 79.9. The summed E-state index contributed by atoms with van der Waals surface area (Å²) in [5, 5.41) is 2.93. The topological polar surface area (TPSA) is 86.8 Å². The standard InChI is InChI=1S/C30H35BrFN3O4S/c1-21(2)18-33-30(37)28(17-23-8-6-5-7-9-23)34(19-24-10-12-25(32)13-11-24)29(36)20-35(40(4,38)39)26-14-15-27(31)22(3)16-26/h5-16,21,28H,17-20H2,1-4H3,(H,33,37)/t28-/m1/s1. The minimum atomic E-state index is -3.86. The van der Waals surface area contributed by atoms with Gasteiger partial charge in [-0.2, -0.15) is 0 Å². The maximum atomic E-state index is 14.0. The van der Waals surface area contributed by atoms with Crippen LogP contribution in [0.4, 0.5) is 10.1 Å². The first-order valence-corrected chi connectivity index (χ1v) is 15.6. The molecule has 10 heteroatoms. The molecular weight excluding hydrogens is 597 g/mol. The lowest BCUT2D eigenvalue weighted by atomic mass is 10.0. The smallest absolute Gasteiger partial charge is 0.244 e. The molecule has 0 fully saturated rings. The summed E-state index contributed by atoms with van der Waals surface area (Å²) in [6, 6.07) is 19.1. The van der Waals surface area contributed by atoms with Gasteiger partial charge in [0.05, 0.1) is 11.9 Å². The fourth-order valence-electron chi connectivity index (χ4n) is 4.16. The number of halogens is 2. The number of nitrogens with zero attached hydrogens (tertiary/aromatic N) is 2. The van der Waals surface area contributed by atoms with Crippen molar-refractivity contribution in [2.45, 2.75) is 39.8 Å². The van der Waals surface area contributed by atoms with Crippen LogP contribution in [-0.4, -0.2) is 50.5 Å². The van der Waals surface area contributed by atoms with E-state index < -0.39 is 34.3 Å². The van der Waals surface area contributed by atoms with Crippen LogP contribution in [0.5, 0.6) is 0 Å². The highest BCUT2D eigenvalue weighted by molar-refractivity contribution is 9.10. The minimum Gasteiger partial charge on any atom is -0.354 e. The molecule has 0 aliphatic rings. The molecule has 0 radical (unpaired) electrons. The number of benzene rings is 3. The van der Waals surface area contributed by atoms with Crippen molar-refractivity contribution in [3.05, 3.63) is 99.8 Å². The van der Waals surface area contributed by atoms with Crippen molar-refractivity contribution in [3.8, 4) is 0 Å². The van der Waals surface area contributed by atoms with Gasteiger partial charge < -0.3 is 10.2 Å². The molecule has 0 unspecified atom stereocenters. The molecule has 0 aromatic heterocycles. The SMILES string of the molecule is Cc1cc(N(CC(=O)N(Cc2ccc(F)cc2)[C@H](Cc2ccccc2)C(=O)NCC(C)C)S(C)(=O)=O)ccc1Br. The molecule has 3 aromatic carbocycles. The second-order valence-electron chi connectivity index (χ2n) is 10.2. The second kappa shape index (κ2) is 13.9. The van der Waals surface area contributed by atoms with Crippen LogP contribution in [0.15, 0.2) is 77.3 Å². The van der Waals surface area contributed by atoms with E-state index in [9.17, 15) is 22.4 Å². The molecular formula is C30H35BrFN3O4S. The summed E-state index contributed by atoms with van der Waals surface area (Å²) in [7, 11) is -3.86. The lowest BCUT2D eigenvalue weighted by Crippen LogP contribution is -2.53. The van der Waals surface area contributed by atoms with Crippen molar-refractivity contribution in [2.75, 3.05) is 23.7 Å². The van der Waals surface area contributed by atoms with Gasteiger partial charge in [0.25, 0.3) is 0 Å². The molecule has 2 amide bonds. The van der Waals surface area contributed by atoms with Crippen LogP contribution in [0.2, 0.25) is 0 Å². The summed E-state index contributed by atoms with van der Waals surface area (Å²) in [4.78, 5) is 29.0. The highest BCUT2D eigenvalue weighted by Gasteiger charge is 2.33. The number of nitrogens with one attached hydrogen (secondary N) is 1. The zero-order valence-corrected chi connectivity index (χ0v) is 25.5. The number of sulfonamides is 1. The fourth-order valence-corrected chi connectivity index (χ4v) is 5.25. The van der Waals surface area contributed by atoms with Crippen molar-refractivity contribution in [1.29, 1.82) is 0 Å². The Morgan fingerprint density at radius 1 is 0.975 bits per heavy atom. The van der Waals surface area contributed by atoms with Crippen molar-refractivity contribution in [2.24, 2.45) is 5.92 Å². The lowest BCUT2D eigenvalue weighted by molar-refractivity contribution is -0.140. The number of rotatable bonds is 12. The van der Waals surface area contributed by atoms with E-state index in [0.29, 0.717) is 17.8 Å². The van der Waals surface area contributed by atoms with Gasteiger partial charge in [0.15, 0.2) is 0 Å². The Balaban J connectivity index is 2.05. The molecule has 0 heterocycles. The molecule has 1 atom stereocenters. The van der Waals surface area contributed by atoms with E-state index in [4.69, 9.17) is 0 Å². The van der Waals surface area contributed by atoms with Crippen LogP contribution in [0.1, 0.15) is 30.5 Å². The predicted molar refractivity (Wildman–Crippen MR) is 160 cm³/mol. The third-order valence-corrected chi connectivity index (χ3v) is 8.36. The summed E-state index contributed by atoms with van der Waals surface area (Å²) in [5.74, 6) is -1.15. The number of carbonyl (C=O) groups excluding carboxylic acids is 2. The molecule has 0 bridgehead atoms. The third-order valence-electron chi connectivity index (χ3n) is 6.33. The maximum Gasteiger partial charge on any atom is 0.244 e. The number of aryl methyl sites for hydroxylation is 1. The van der Waals surface area contributed by atoms with Gasteiger partial charge in [-0.3, -0.25) is 13.9 Å². The van der Waals surface area contributed by atoms with Crippen LogP contribution >= 0.6 is 15.9 Å². The van der Waals surface area contributed by atoms with Crippen LogP contribution in [0.25, 0.3) is 0 Å². The summed E-state index contributed by atoms with van der Waals surface area (Å²) >= 11 is 3.42. The molecule has 0 spiro atoms. The van der Waals surface area contributed by atoms with Crippen LogP contribution < -0.4 is 9.62 Å². The largest absolute Gasteiger partial charge is 0.354 e. The number of anilines is 1. The van der Waals surface area contributed by atoms with Crippen LogP contribution in [0, 0.1) is 18.7 Å². The maximum absolute atomic E-state index is 14.0. The molecule has 7 nitrogen and oxygen atoms in total. The van der Waals surface area contributed by atoms with E-state index in [2.05, 4.69) is 21.2 Å². The zero-order valence-electron chi connectivity index (χ0n) is 23.1. The molecule has 40 heavy (non-hydrogen) atoms. The van der Waals surface area contributed by atoms with Gasteiger partial charge in [0, 0.05) is 24.0 Å². The van der Waals surface area contributed by atoms with Crippen LogP contribution in [0.3, 0.4) is 0 Å². The number of hydrogen-bond donors (Lipinski definition) is 1. The van der Waals surface area contributed by atoms with Gasteiger partial charge in [-0.15, -0.1) is 0 Å². The lowest BCUT2D eigenvalue weighted by Gasteiger charge is -2.33. The highest BCUT2D eigenvalue weighted by Crippen LogP contribution is 2.25. The molecule has 3 aromatic rings. The fraction of sp³-hybridized carbons (Fsp3) is 0.333.